The van der Waals surface area contributed by atoms with Crippen molar-refractivity contribution < 1.29 is 29.2 Å². The SMILES string of the molecule is Cc1nc(Oc2ccc(OCC(O)O)c(C(C)(C)C)c2)ccc1CN1CCC(N2C(=O)OC[C@H]2c2ccccc2)CC1. The standard InChI is InChI=1S/C33H41N3O6/c1-22-24(10-13-30(34-22)42-26-11-12-29(40-21-31(37)38)27(18-26)33(2,3)4)19-35-16-14-25(15-17-35)36-28(20-41-32(36)39)23-8-6-5-7-9-23/h5-13,18,25,28,31,37-38H,14-17,19-21H2,1-4H3/t28-/m0/s1. The molecule has 0 radical (unpaired) electrons. The number of benzene rings is 2. The Morgan fingerprint density at radius 2 is 1.79 bits per heavy atom. The van der Waals surface area contributed by atoms with Crippen molar-refractivity contribution in [2.24, 2.45) is 0 Å². The van der Waals surface area contributed by atoms with E-state index in [0.29, 0.717) is 24.0 Å². The molecule has 2 N–H and O–H groups in total. The fourth-order valence-corrected chi connectivity index (χ4v) is 5.72. The maximum absolute atomic E-state index is 12.6. The summed E-state index contributed by atoms with van der Waals surface area (Å²) in [6.07, 6.45) is 0.0543. The van der Waals surface area contributed by atoms with Gasteiger partial charge >= 0.3 is 6.09 Å². The van der Waals surface area contributed by atoms with Gasteiger partial charge in [0.2, 0.25) is 5.88 Å². The van der Waals surface area contributed by atoms with E-state index in [4.69, 9.17) is 19.2 Å². The summed E-state index contributed by atoms with van der Waals surface area (Å²) >= 11 is 0. The van der Waals surface area contributed by atoms with Crippen LogP contribution in [0.3, 0.4) is 0 Å². The number of likely N-dealkylation sites (tertiary alicyclic amines) is 1. The summed E-state index contributed by atoms with van der Waals surface area (Å²) in [5.41, 5.74) is 3.83. The Bertz CT molecular complexity index is 1370. The number of aryl methyl sites for hydroxylation is 1. The summed E-state index contributed by atoms with van der Waals surface area (Å²) in [4.78, 5) is 21.7. The monoisotopic (exact) mass is 575 g/mol. The van der Waals surface area contributed by atoms with Gasteiger partial charge in [0.1, 0.15) is 24.7 Å². The van der Waals surface area contributed by atoms with Crippen LogP contribution in [-0.2, 0) is 16.7 Å². The summed E-state index contributed by atoms with van der Waals surface area (Å²) in [6, 6.07) is 19.7. The predicted molar refractivity (Wildman–Crippen MR) is 159 cm³/mol. The third kappa shape index (κ3) is 7.03. The van der Waals surface area contributed by atoms with Gasteiger partial charge in [0.15, 0.2) is 6.29 Å². The fourth-order valence-electron chi connectivity index (χ4n) is 5.72. The van der Waals surface area contributed by atoms with Gasteiger partial charge in [-0.1, -0.05) is 57.2 Å². The van der Waals surface area contributed by atoms with Gasteiger partial charge < -0.3 is 24.4 Å². The van der Waals surface area contributed by atoms with E-state index in [-0.39, 0.29) is 30.2 Å². The Hall–Kier alpha value is -3.66. The first kappa shape index (κ1) is 29.8. The van der Waals surface area contributed by atoms with E-state index >= 15 is 0 Å². The maximum atomic E-state index is 12.6. The number of ether oxygens (including phenoxy) is 3. The second-order valence-corrected chi connectivity index (χ2v) is 12.1. The van der Waals surface area contributed by atoms with Crippen molar-refractivity contribution in [3.63, 3.8) is 0 Å². The fraction of sp³-hybridized carbons (Fsp3) is 0.455. The molecule has 2 aliphatic rings. The zero-order valence-corrected chi connectivity index (χ0v) is 24.8. The van der Waals surface area contributed by atoms with Crippen LogP contribution in [0.15, 0.2) is 60.7 Å². The lowest BCUT2D eigenvalue weighted by molar-refractivity contribution is -0.0683. The number of aromatic nitrogens is 1. The van der Waals surface area contributed by atoms with E-state index in [0.717, 1.165) is 54.9 Å². The first-order chi connectivity index (χ1) is 20.1. The number of nitrogens with zero attached hydrogens (tertiary/aromatic N) is 3. The van der Waals surface area contributed by atoms with E-state index in [9.17, 15) is 15.0 Å². The van der Waals surface area contributed by atoms with Gasteiger partial charge in [-0.15, -0.1) is 0 Å². The quantitative estimate of drug-likeness (QED) is 0.330. The summed E-state index contributed by atoms with van der Waals surface area (Å²) in [6.45, 7) is 11.0. The molecular formula is C33H41N3O6. The average molecular weight is 576 g/mol. The summed E-state index contributed by atoms with van der Waals surface area (Å²) in [5.74, 6) is 1.73. The largest absolute Gasteiger partial charge is 0.488 e. The van der Waals surface area contributed by atoms with Crippen LogP contribution >= 0.6 is 0 Å². The lowest BCUT2D eigenvalue weighted by Crippen LogP contribution is -2.46. The molecule has 224 valence electrons. The summed E-state index contributed by atoms with van der Waals surface area (Å²) in [5, 5.41) is 18.4. The van der Waals surface area contributed by atoms with Crippen LogP contribution in [0.4, 0.5) is 4.79 Å². The Labute approximate surface area is 247 Å². The lowest BCUT2D eigenvalue weighted by atomic mass is 9.86. The Kier molecular flexibility index (Phi) is 9.01. The third-order valence-corrected chi connectivity index (χ3v) is 7.98. The normalized spacial score (nSPS) is 18.4. The smallest absolute Gasteiger partial charge is 0.410 e. The van der Waals surface area contributed by atoms with Crippen molar-refractivity contribution in [1.82, 2.24) is 14.8 Å². The van der Waals surface area contributed by atoms with Crippen LogP contribution in [0.5, 0.6) is 17.4 Å². The molecule has 0 aliphatic carbocycles. The molecule has 1 aromatic heterocycles. The van der Waals surface area contributed by atoms with Gasteiger partial charge in [-0.3, -0.25) is 9.80 Å². The Morgan fingerprint density at radius 3 is 2.45 bits per heavy atom. The van der Waals surface area contributed by atoms with E-state index in [1.165, 1.54) is 0 Å². The Balaban J connectivity index is 1.19. The predicted octanol–water partition coefficient (Wildman–Crippen LogP) is 5.33. The second kappa shape index (κ2) is 12.7. The number of amides is 1. The highest BCUT2D eigenvalue weighted by Crippen LogP contribution is 2.36. The highest BCUT2D eigenvalue weighted by molar-refractivity contribution is 5.71. The first-order valence-corrected chi connectivity index (χ1v) is 14.6. The number of hydrogen-bond acceptors (Lipinski definition) is 8. The van der Waals surface area contributed by atoms with Crippen molar-refractivity contribution >= 4 is 6.09 Å². The molecule has 0 saturated carbocycles. The van der Waals surface area contributed by atoms with Crippen molar-refractivity contribution in [2.45, 2.75) is 70.9 Å². The molecule has 5 rings (SSSR count). The first-order valence-electron chi connectivity index (χ1n) is 14.6. The molecule has 42 heavy (non-hydrogen) atoms. The minimum absolute atomic E-state index is 0.0223. The molecule has 9 nitrogen and oxygen atoms in total. The van der Waals surface area contributed by atoms with Crippen molar-refractivity contribution in [3.05, 3.63) is 83.0 Å². The maximum Gasteiger partial charge on any atom is 0.410 e. The molecule has 3 aromatic rings. The van der Waals surface area contributed by atoms with Gasteiger partial charge in [-0.05, 0) is 54.5 Å². The molecule has 9 heteroatoms. The number of aliphatic hydroxyl groups is 2. The average Bonchev–Trinajstić information content (AvgIpc) is 3.35. The van der Waals surface area contributed by atoms with Crippen LogP contribution in [-0.4, -0.2) is 69.7 Å². The van der Waals surface area contributed by atoms with Gasteiger partial charge in [-0.2, -0.15) is 0 Å². The molecule has 2 aromatic carbocycles. The minimum Gasteiger partial charge on any atom is -0.488 e. The highest BCUT2D eigenvalue weighted by atomic mass is 16.6. The zero-order valence-electron chi connectivity index (χ0n) is 24.8. The van der Waals surface area contributed by atoms with Crippen molar-refractivity contribution in [1.29, 1.82) is 0 Å². The topological polar surface area (TPSA) is 105 Å². The third-order valence-electron chi connectivity index (χ3n) is 7.98. The molecule has 1 amide bonds. The number of aliphatic hydroxyl groups excluding tert-OH is 1. The summed E-state index contributed by atoms with van der Waals surface area (Å²) < 4.78 is 17.2. The van der Waals surface area contributed by atoms with Crippen molar-refractivity contribution in [2.75, 3.05) is 26.3 Å². The molecule has 2 fully saturated rings. The second-order valence-electron chi connectivity index (χ2n) is 12.1. The molecule has 0 spiro atoms. The van der Waals surface area contributed by atoms with E-state index < -0.39 is 6.29 Å². The number of carbonyl (C=O) groups is 1. The lowest BCUT2D eigenvalue weighted by Gasteiger charge is -2.38. The molecule has 0 unspecified atom stereocenters. The van der Waals surface area contributed by atoms with Gasteiger partial charge in [-0.25, -0.2) is 9.78 Å². The summed E-state index contributed by atoms with van der Waals surface area (Å²) in [7, 11) is 0. The Morgan fingerprint density at radius 1 is 1.05 bits per heavy atom. The number of rotatable bonds is 9. The van der Waals surface area contributed by atoms with Crippen LogP contribution in [0.1, 0.15) is 62.0 Å². The number of hydrogen-bond donors (Lipinski definition) is 2. The molecule has 3 heterocycles. The van der Waals surface area contributed by atoms with Crippen LogP contribution in [0, 0.1) is 6.92 Å². The number of piperidine rings is 1. The molecule has 1 atom stereocenters. The van der Waals surface area contributed by atoms with E-state index in [1.54, 1.807) is 12.1 Å². The number of carbonyl (C=O) groups excluding carboxylic acids is 1. The van der Waals surface area contributed by atoms with Crippen LogP contribution < -0.4 is 9.47 Å². The van der Waals surface area contributed by atoms with E-state index in [1.807, 2.05) is 42.2 Å². The van der Waals surface area contributed by atoms with E-state index in [2.05, 4.69) is 43.9 Å². The van der Waals surface area contributed by atoms with Crippen LogP contribution in [0.2, 0.25) is 0 Å². The minimum atomic E-state index is -1.54. The number of cyclic esters (lactones) is 1. The van der Waals surface area contributed by atoms with Crippen molar-refractivity contribution in [3.8, 4) is 17.4 Å². The van der Waals surface area contributed by atoms with Gasteiger partial charge in [0, 0.05) is 43.0 Å². The molecule has 2 saturated heterocycles. The van der Waals surface area contributed by atoms with Gasteiger partial charge in [0.05, 0.1) is 6.04 Å². The number of pyridine rings is 1. The van der Waals surface area contributed by atoms with Crippen LogP contribution in [0.25, 0.3) is 0 Å². The molecule has 2 aliphatic heterocycles. The zero-order chi connectivity index (χ0) is 29.9. The molecular weight excluding hydrogens is 534 g/mol. The van der Waals surface area contributed by atoms with Gasteiger partial charge in [0.25, 0.3) is 0 Å². The molecule has 0 bridgehead atoms. The highest BCUT2D eigenvalue weighted by Gasteiger charge is 2.40.